The number of nitrogens with zero attached hydrogens (tertiary/aromatic N) is 3. The van der Waals surface area contributed by atoms with E-state index < -0.39 is 0 Å². The van der Waals surface area contributed by atoms with Crippen molar-refractivity contribution in [2.24, 2.45) is 0 Å². The highest BCUT2D eigenvalue weighted by Gasteiger charge is 2.26. The molecule has 0 saturated heterocycles. The van der Waals surface area contributed by atoms with Crippen LogP contribution in [0.25, 0.3) is 71.9 Å². The maximum absolute atomic E-state index is 11.1. The molecule has 0 aliphatic heterocycles. The Morgan fingerprint density at radius 1 is 0.609 bits per heavy atom. The second kappa shape index (κ2) is 10.7. The van der Waals surface area contributed by atoms with Gasteiger partial charge < -0.3 is 10.2 Å². The van der Waals surface area contributed by atoms with E-state index >= 15 is 0 Å². The van der Waals surface area contributed by atoms with Gasteiger partial charge in [-0.3, -0.25) is 9.55 Å². The van der Waals surface area contributed by atoms with Crippen molar-refractivity contribution < 1.29 is 10.2 Å². The van der Waals surface area contributed by atoms with Crippen molar-refractivity contribution in [3.63, 3.8) is 0 Å². The minimum absolute atomic E-state index is 0.0859. The summed E-state index contributed by atoms with van der Waals surface area (Å²) in [4.78, 5) is 9.72. The van der Waals surface area contributed by atoms with Gasteiger partial charge in [-0.15, -0.1) is 0 Å². The maximum atomic E-state index is 11.1. The largest absolute Gasteiger partial charge is 0.505 e. The van der Waals surface area contributed by atoms with Crippen LogP contribution in [0.4, 0.5) is 0 Å². The Morgan fingerprint density at radius 2 is 1.20 bits per heavy atom. The van der Waals surface area contributed by atoms with E-state index in [1.165, 1.54) is 0 Å². The van der Waals surface area contributed by atoms with Gasteiger partial charge in [0.15, 0.2) is 11.5 Å². The van der Waals surface area contributed by atoms with Gasteiger partial charge in [-0.05, 0) is 74.4 Å². The van der Waals surface area contributed by atoms with Gasteiger partial charge >= 0.3 is 0 Å². The fraction of sp³-hybridized carbons (Fsp3) is 0.0256. The summed E-state index contributed by atoms with van der Waals surface area (Å²) in [6.45, 7) is 1.84. The summed E-state index contributed by atoms with van der Waals surface area (Å²) in [5.74, 6) is 0.576. The number of imidazole rings is 1. The van der Waals surface area contributed by atoms with E-state index in [0.717, 1.165) is 77.4 Å². The molecule has 8 rings (SSSR count). The lowest BCUT2D eigenvalue weighted by molar-refractivity contribution is 0.404. The van der Waals surface area contributed by atoms with Crippen molar-refractivity contribution >= 4 is 59.2 Å². The van der Waals surface area contributed by atoms with Crippen LogP contribution in [0.1, 0.15) is 5.56 Å². The molecule has 0 bridgehead atoms. The molecule has 0 radical (unpaired) electrons. The Bertz CT molecular complexity index is 2400. The number of phenols is 2. The average Bonchev–Trinajstić information content (AvgIpc) is 3.48. The van der Waals surface area contributed by atoms with Crippen molar-refractivity contribution in [2.75, 3.05) is 0 Å². The molecule has 2 N–H and O–H groups in total. The Kier molecular flexibility index (Phi) is 6.43. The molecule has 0 spiro atoms. The molecule has 5 nitrogen and oxygen atoms in total. The molecule has 2 aromatic heterocycles. The Balaban J connectivity index is 1.54. The van der Waals surface area contributed by atoms with Crippen molar-refractivity contribution in [1.29, 1.82) is 0 Å². The summed E-state index contributed by atoms with van der Waals surface area (Å²) in [5.41, 5.74) is 10.2. The monoisotopic (exact) mass is 593 g/mol. The van der Waals surface area contributed by atoms with E-state index in [1.54, 1.807) is 6.20 Å². The molecular weight excluding hydrogens is 564 g/mol. The molecule has 8 aromatic rings. The summed E-state index contributed by atoms with van der Waals surface area (Å²) in [7, 11) is 3.84. The Hall–Kier alpha value is -5.81. The second-order valence-corrected chi connectivity index (χ2v) is 11.8. The summed E-state index contributed by atoms with van der Waals surface area (Å²) in [5, 5.41) is 26.2. The van der Waals surface area contributed by atoms with Gasteiger partial charge in [0.1, 0.15) is 21.5 Å². The van der Waals surface area contributed by atoms with E-state index in [0.29, 0.717) is 11.0 Å². The molecule has 0 unspecified atom stereocenters. The van der Waals surface area contributed by atoms with Crippen LogP contribution in [0, 0.1) is 6.92 Å². The zero-order chi connectivity index (χ0) is 31.5. The molecule has 0 atom stereocenters. The van der Waals surface area contributed by atoms with E-state index in [4.69, 9.17) is 4.98 Å². The van der Waals surface area contributed by atoms with Gasteiger partial charge in [0.05, 0.1) is 11.0 Å². The minimum atomic E-state index is -0.112. The van der Waals surface area contributed by atoms with E-state index in [-0.39, 0.29) is 11.5 Å². The van der Waals surface area contributed by atoms with Crippen molar-refractivity contribution in [3.8, 4) is 50.8 Å². The number of phenolic OH excluding ortho intramolecular Hbond substituents is 2. The SMILES string of the molecule is Bc1c(C)c(O)c(O)c(B)c1-n1c(-c2c3ccccc3c(-c3ccccc3-c3cccnc3)c3ccccc23)nc2ccccc21. The van der Waals surface area contributed by atoms with Gasteiger partial charge in [-0.25, -0.2) is 4.98 Å². The summed E-state index contributed by atoms with van der Waals surface area (Å²) < 4.78 is 2.16. The summed E-state index contributed by atoms with van der Waals surface area (Å²) in [6, 6.07) is 37.8. The average molecular weight is 593 g/mol. The third-order valence-corrected chi connectivity index (χ3v) is 9.32. The van der Waals surface area contributed by atoms with Gasteiger partial charge in [0.2, 0.25) is 0 Å². The lowest BCUT2D eigenvalue weighted by Crippen LogP contribution is -2.27. The van der Waals surface area contributed by atoms with E-state index in [1.807, 2.05) is 53.1 Å². The van der Waals surface area contributed by atoms with Crippen LogP contribution in [0.15, 0.2) is 122 Å². The number of para-hydroxylation sites is 2. The standard InChI is InChI=1S/C39H29B2N3O2/c1-22-34(40)36(35(41)38(46)37(22)45)44-31-19-9-8-18-30(31)43-39(44)33-28-16-6-4-14-26(28)32(27-15-5-7-17-29(27)33)25-13-3-2-12-24(25)23-11-10-20-42-21-23/h2-21,45-46H,40-41H2,1H3. The first kappa shape index (κ1) is 27.7. The van der Waals surface area contributed by atoms with Crippen LogP contribution in [0.5, 0.6) is 11.5 Å². The third-order valence-electron chi connectivity index (χ3n) is 9.32. The van der Waals surface area contributed by atoms with E-state index in [9.17, 15) is 10.2 Å². The molecular formula is C39H29B2N3O2. The van der Waals surface area contributed by atoms with Crippen LogP contribution >= 0.6 is 0 Å². The second-order valence-electron chi connectivity index (χ2n) is 11.8. The van der Waals surface area contributed by atoms with Crippen LogP contribution in [0.2, 0.25) is 0 Å². The Morgan fingerprint density at radius 3 is 1.85 bits per heavy atom. The number of benzene rings is 6. The number of hydrogen-bond acceptors (Lipinski definition) is 4. The van der Waals surface area contributed by atoms with Crippen molar-refractivity contribution in [1.82, 2.24) is 14.5 Å². The number of pyridine rings is 1. The predicted octanol–water partition coefficient (Wildman–Crippen LogP) is 5.96. The zero-order valence-corrected chi connectivity index (χ0v) is 25.8. The van der Waals surface area contributed by atoms with Crippen LogP contribution < -0.4 is 10.9 Å². The summed E-state index contributed by atoms with van der Waals surface area (Å²) in [6.07, 6.45) is 3.72. The molecule has 6 aromatic carbocycles. The maximum Gasteiger partial charge on any atom is 0.159 e. The molecule has 218 valence electrons. The molecule has 0 saturated carbocycles. The number of aromatic nitrogens is 3. The molecule has 2 heterocycles. The quantitative estimate of drug-likeness (QED) is 0.150. The summed E-state index contributed by atoms with van der Waals surface area (Å²) >= 11 is 0. The van der Waals surface area contributed by atoms with Crippen molar-refractivity contribution in [3.05, 3.63) is 127 Å². The number of fused-ring (bicyclic) bond motifs is 3. The highest BCUT2D eigenvalue weighted by molar-refractivity contribution is 6.44. The van der Waals surface area contributed by atoms with Gasteiger partial charge in [-0.2, -0.15) is 0 Å². The lowest BCUT2D eigenvalue weighted by atomic mass is 9.80. The number of hydrogen-bond donors (Lipinski definition) is 2. The molecule has 0 aliphatic rings. The molecule has 46 heavy (non-hydrogen) atoms. The number of aromatic hydroxyl groups is 2. The third kappa shape index (κ3) is 4.05. The molecule has 0 aliphatic carbocycles. The first-order valence-corrected chi connectivity index (χ1v) is 15.4. The number of rotatable bonds is 4. The predicted molar refractivity (Wildman–Crippen MR) is 195 cm³/mol. The van der Waals surface area contributed by atoms with Crippen molar-refractivity contribution in [2.45, 2.75) is 6.92 Å². The normalized spacial score (nSPS) is 11.5. The Labute approximate surface area is 268 Å². The molecule has 7 heteroatoms. The fourth-order valence-electron chi connectivity index (χ4n) is 6.99. The lowest BCUT2D eigenvalue weighted by Gasteiger charge is -2.22. The van der Waals surface area contributed by atoms with Gasteiger partial charge in [0, 0.05) is 29.2 Å². The highest BCUT2D eigenvalue weighted by atomic mass is 16.3. The first-order chi connectivity index (χ1) is 22.5. The first-order valence-electron chi connectivity index (χ1n) is 15.4. The molecule has 0 fully saturated rings. The molecule has 0 amide bonds. The highest BCUT2D eigenvalue weighted by Crippen LogP contribution is 2.46. The van der Waals surface area contributed by atoms with Gasteiger partial charge in [0.25, 0.3) is 0 Å². The zero-order valence-electron chi connectivity index (χ0n) is 25.8. The topological polar surface area (TPSA) is 71.2 Å². The smallest absolute Gasteiger partial charge is 0.159 e. The van der Waals surface area contributed by atoms with Crippen LogP contribution in [0.3, 0.4) is 0 Å². The fourth-order valence-corrected chi connectivity index (χ4v) is 6.99. The van der Waals surface area contributed by atoms with E-state index in [2.05, 4.69) is 94.5 Å². The van der Waals surface area contributed by atoms with Crippen LogP contribution in [-0.4, -0.2) is 40.4 Å². The minimum Gasteiger partial charge on any atom is -0.505 e. The van der Waals surface area contributed by atoms with Gasteiger partial charge in [-0.1, -0.05) is 96.5 Å². The van der Waals surface area contributed by atoms with Crippen LogP contribution in [-0.2, 0) is 0 Å².